The number of aliphatic hydroxyl groups excluding tert-OH is 1. The third kappa shape index (κ3) is 7.90. The summed E-state index contributed by atoms with van der Waals surface area (Å²) in [7, 11) is 0. The fraction of sp³-hybridized carbons (Fsp3) is 0.471. The quantitative estimate of drug-likeness (QED) is 0.265. The van der Waals surface area contributed by atoms with E-state index < -0.39 is 35.3 Å². The summed E-state index contributed by atoms with van der Waals surface area (Å²) in [6.45, 7) is 2.03. The highest BCUT2D eigenvalue weighted by Crippen LogP contribution is 2.37. The lowest BCUT2D eigenvalue weighted by Gasteiger charge is -2.13. The van der Waals surface area contributed by atoms with Crippen molar-refractivity contribution in [2.24, 2.45) is 5.10 Å². The number of anilines is 1. The van der Waals surface area contributed by atoms with Gasteiger partial charge in [0.25, 0.3) is 0 Å². The van der Waals surface area contributed by atoms with Crippen molar-refractivity contribution in [3.05, 3.63) is 41.5 Å². The summed E-state index contributed by atoms with van der Waals surface area (Å²) >= 11 is 0. The minimum atomic E-state index is -4.91. The third-order valence-electron chi connectivity index (χ3n) is 3.38. The number of benzene rings is 1. The molecule has 0 radical (unpaired) electrons. The van der Waals surface area contributed by atoms with E-state index in [9.17, 15) is 31.4 Å². The Kier molecular flexibility index (Phi) is 8.13. The Morgan fingerprint density at radius 3 is 2.12 bits per heavy atom. The highest BCUT2D eigenvalue weighted by atomic mass is 19.4. The van der Waals surface area contributed by atoms with Crippen LogP contribution in [0.3, 0.4) is 0 Å². The number of nitrogens with one attached hydrogen (secondary N) is 1. The fourth-order valence-electron chi connectivity index (χ4n) is 2.05. The second-order valence-electron chi connectivity index (χ2n) is 5.63. The maximum Gasteiger partial charge on any atom is 0.416 e. The number of aliphatic hydroxyl groups is 1. The maximum absolute atomic E-state index is 12.7. The molecule has 0 aromatic heterocycles. The summed E-state index contributed by atoms with van der Waals surface area (Å²) in [5.41, 5.74) is -1.16. The first-order chi connectivity index (χ1) is 12.0. The molecule has 0 aliphatic carbocycles. The van der Waals surface area contributed by atoms with Gasteiger partial charge in [0.1, 0.15) is 0 Å². The summed E-state index contributed by atoms with van der Waals surface area (Å²) in [4.78, 5) is 0. The van der Waals surface area contributed by atoms with Gasteiger partial charge >= 0.3 is 12.4 Å². The summed E-state index contributed by atoms with van der Waals surface area (Å²) in [6.07, 6.45) is -3.16. The molecular formula is C17H20F6N2O. The Morgan fingerprint density at radius 2 is 1.62 bits per heavy atom. The van der Waals surface area contributed by atoms with Gasteiger partial charge in [0.2, 0.25) is 0 Å². The molecule has 1 rings (SSSR count). The molecule has 1 unspecified atom stereocenters. The average Bonchev–Trinajstić information content (AvgIpc) is 2.53. The standard InChI is InChI=1S/C17H20F6N2O/c1-2-3-4-6-15(26)7-5-8-24-25-14-10-12(16(18,19)20)9-13(11-14)17(21,22)23/h5,7-11,15,25-26H,2-4,6H2,1H3/b7-5+,24-8+. The maximum atomic E-state index is 12.7. The predicted molar refractivity (Wildman–Crippen MR) is 87.8 cm³/mol. The van der Waals surface area contributed by atoms with Crippen molar-refractivity contribution < 1.29 is 31.4 Å². The van der Waals surface area contributed by atoms with E-state index in [-0.39, 0.29) is 6.07 Å². The molecule has 0 aliphatic rings. The van der Waals surface area contributed by atoms with Crippen LogP contribution in [0.1, 0.15) is 43.7 Å². The zero-order chi connectivity index (χ0) is 19.8. The van der Waals surface area contributed by atoms with E-state index in [1.54, 1.807) is 0 Å². The molecule has 0 saturated carbocycles. The van der Waals surface area contributed by atoms with Crippen LogP contribution in [0, 0.1) is 0 Å². The van der Waals surface area contributed by atoms with E-state index in [0.717, 1.165) is 25.5 Å². The summed E-state index contributed by atoms with van der Waals surface area (Å²) in [5, 5.41) is 13.2. The second-order valence-corrected chi connectivity index (χ2v) is 5.63. The molecule has 0 spiro atoms. The minimum absolute atomic E-state index is 0.0431. The molecule has 9 heteroatoms. The van der Waals surface area contributed by atoms with Crippen molar-refractivity contribution in [3.8, 4) is 0 Å². The molecule has 146 valence electrons. The molecule has 0 saturated heterocycles. The number of unbranched alkanes of at least 4 members (excludes halogenated alkanes) is 2. The minimum Gasteiger partial charge on any atom is -0.389 e. The Morgan fingerprint density at radius 1 is 1.04 bits per heavy atom. The summed E-state index contributed by atoms with van der Waals surface area (Å²) in [6, 6.07) is 1.12. The van der Waals surface area contributed by atoms with Crippen LogP contribution in [0.5, 0.6) is 0 Å². The molecule has 3 nitrogen and oxygen atoms in total. The number of allylic oxidation sites excluding steroid dienone is 1. The molecular weight excluding hydrogens is 362 g/mol. The molecule has 1 atom stereocenters. The van der Waals surface area contributed by atoms with Gasteiger partial charge in [-0.25, -0.2) is 0 Å². The monoisotopic (exact) mass is 382 g/mol. The van der Waals surface area contributed by atoms with E-state index in [4.69, 9.17) is 0 Å². The van der Waals surface area contributed by atoms with Crippen molar-refractivity contribution >= 4 is 11.9 Å². The van der Waals surface area contributed by atoms with Gasteiger partial charge < -0.3 is 5.11 Å². The van der Waals surface area contributed by atoms with Gasteiger partial charge in [0, 0.05) is 6.21 Å². The lowest BCUT2D eigenvalue weighted by molar-refractivity contribution is -0.143. The molecule has 1 aromatic carbocycles. The van der Waals surface area contributed by atoms with E-state index in [1.165, 1.54) is 12.2 Å². The first-order valence-electron chi connectivity index (χ1n) is 7.97. The highest BCUT2D eigenvalue weighted by molar-refractivity contribution is 5.72. The highest BCUT2D eigenvalue weighted by Gasteiger charge is 2.36. The third-order valence-corrected chi connectivity index (χ3v) is 3.38. The number of hydrogen-bond acceptors (Lipinski definition) is 3. The lowest BCUT2D eigenvalue weighted by atomic mass is 10.1. The number of halogens is 6. The Balaban J connectivity index is 2.77. The van der Waals surface area contributed by atoms with Gasteiger partial charge in [-0.05, 0) is 30.7 Å². The van der Waals surface area contributed by atoms with Crippen molar-refractivity contribution in [1.29, 1.82) is 0 Å². The van der Waals surface area contributed by atoms with Crippen LogP contribution in [0.25, 0.3) is 0 Å². The van der Waals surface area contributed by atoms with E-state index in [0.29, 0.717) is 18.6 Å². The lowest BCUT2D eigenvalue weighted by Crippen LogP contribution is -2.11. The molecule has 0 fully saturated rings. The fourth-order valence-corrected chi connectivity index (χ4v) is 2.05. The van der Waals surface area contributed by atoms with Gasteiger partial charge in [-0.15, -0.1) is 0 Å². The first-order valence-corrected chi connectivity index (χ1v) is 7.97. The van der Waals surface area contributed by atoms with Crippen molar-refractivity contribution in [2.75, 3.05) is 5.43 Å². The molecule has 26 heavy (non-hydrogen) atoms. The number of alkyl halides is 6. The molecule has 0 amide bonds. The number of rotatable bonds is 8. The smallest absolute Gasteiger partial charge is 0.389 e. The summed E-state index contributed by atoms with van der Waals surface area (Å²) < 4.78 is 76.3. The van der Waals surface area contributed by atoms with Crippen LogP contribution in [0.15, 0.2) is 35.5 Å². The number of nitrogens with zero attached hydrogens (tertiary/aromatic N) is 1. The van der Waals surface area contributed by atoms with E-state index in [1.807, 2.05) is 6.92 Å². The second kappa shape index (κ2) is 9.61. The largest absolute Gasteiger partial charge is 0.416 e. The molecule has 1 aromatic rings. The van der Waals surface area contributed by atoms with Crippen LogP contribution >= 0.6 is 0 Å². The molecule has 0 aliphatic heterocycles. The van der Waals surface area contributed by atoms with E-state index in [2.05, 4.69) is 10.5 Å². The van der Waals surface area contributed by atoms with Gasteiger partial charge in [-0.2, -0.15) is 31.4 Å². The first kappa shape index (κ1) is 22.0. The van der Waals surface area contributed by atoms with Crippen LogP contribution in [0.4, 0.5) is 32.0 Å². The van der Waals surface area contributed by atoms with Gasteiger partial charge in [-0.1, -0.05) is 32.3 Å². The van der Waals surface area contributed by atoms with E-state index >= 15 is 0 Å². The normalized spacial score (nSPS) is 14.3. The average molecular weight is 382 g/mol. The van der Waals surface area contributed by atoms with Gasteiger partial charge in [-0.3, -0.25) is 5.43 Å². The van der Waals surface area contributed by atoms with Crippen LogP contribution in [0.2, 0.25) is 0 Å². The van der Waals surface area contributed by atoms with Crippen molar-refractivity contribution in [2.45, 2.75) is 51.1 Å². The van der Waals surface area contributed by atoms with Gasteiger partial charge in [0.05, 0.1) is 22.9 Å². The van der Waals surface area contributed by atoms with Crippen molar-refractivity contribution in [3.63, 3.8) is 0 Å². The number of hydrogen-bond donors (Lipinski definition) is 2. The van der Waals surface area contributed by atoms with Crippen LogP contribution in [-0.2, 0) is 12.4 Å². The SMILES string of the molecule is CCCCCC(O)/C=C/C=N/Nc1cc(C(F)(F)F)cc(C(F)(F)F)c1. The summed E-state index contributed by atoms with van der Waals surface area (Å²) in [5.74, 6) is 0. The topological polar surface area (TPSA) is 44.6 Å². The van der Waals surface area contributed by atoms with Crippen LogP contribution in [-0.4, -0.2) is 17.4 Å². The zero-order valence-electron chi connectivity index (χ0n) is 14.0. The molecule has 0 bridgehead atoms. The van der Waals surface area contributed by atoms with Crippen LogP contribution < -0.4 is 5.43 Å². The zero-order valence-corrected chi connectivity index (χ0v) is 14.0. The Hall–Kier alpha value is -2.03. The molecule has 0 heterocycles. The Labute approximate surface area is 147 Å². The Bertz CT molecular complexity index is 590. The van der Waals surface area contributed by atoms with Crippen molar-refractivity contribution in [1.82, 2.24) is 0 Å². The predicted octanol–water partition coefficient (Wildman–Crippen LogP) is 5.62. The molecule has 2 N–H and O–H groups in total. The van der Waals surface area contributed by atoms with Gasteiger partial charge in [0.15, 0.2) is 0 Å². The number of hydrazone groups is 1.